The smallest absolute Gasteiger partial charge is 0.224 e. The van der Waals surface area contributed by atoms with Crippen LogP contribution in [0.25, 0.3) is 11.0 Å². The number of rotatable bonds is 4. The van der Waals surface area contributed by atoms with Crippen molar-refractivity contribution in [3.63, 3.8) is 0 Å². The number of carbonyl (C=O) groups is 1. The van der Waals surface area contributed by atoms with Crippen LogP contribution in [0, 0.1) is 13.8 Å². The number of hydrogen-bond donors (Lipinski definition) is 1. The van der Waals surface area contributed by atoms with Crippen LogP contribution in [-0.2, 0) is 17.8 Å². The predicted octanol–water partition coefficient (Wildman–Crippen LogP) is 3.30. The van der Waals surface area contributed by atoms with Gasteiger partial charge in [-0.1, -0.05) is 12.1 Å². The summed E-state index contributed by atoms with van der Waals surface area (Å²) < 4.78 is 5.58. The number of furan rings is 1. The molecule has 0 saturated carbocycles. The number of pyridine rings is 1. The van der Waals surface area contributed by atoms with Crippen LogP contribution in [0.3, 0.4) is 0 Å². The molecule has 0 aliphatic carbocycles. The van der Waals surface area contributed by atoms with Gasteiger partial charge in [0.2, 0.25) is 5.91 Å². The number of nitrogens with zero attached hydrogens (tertiary/aromatic N) is 1. The molecule has 0 radical (unpaired) electrons. The normalized spacial score (nSPS) is 10.8. The van der Waals surface area contributed by atoms with E-state index in [0.717, 1.165) is 33.2 Å². The second-order valence-electron chi connectivity index (χ2n) is 5.53. The molecule has 4 heteroatoms. The summed E-state index contributed by atoms with van der Waals surface area (Å²) in [7, 11) is 0. The van der Waals surface area contributed by atoms with Gasteiger partial charge in [0.05, 0.1) is 12.7 Å². The van der Waals surface area contributed by atoms with E-state index >= 15 is 0 Å². The number of fused-ring (bicyclic) bond motifs is 1. The summed E-state index contributed by atoms with van der Waals surface area (Å²) in [6.45, 7) is 4.57. The maximum absolute atomic E-state index is 12.1. The second-order valence-corrected chi connectivity index (χ2v) is 5.53. The zero-order valence-electron chi connectivity index (χ0n) is 12.7. The fraction of sp³-hybridized carbons (Fsp3) is 0.222. The largest absolute Gasteiger partial charge is 0.464 e. The lowest BCUT2D eigenvalue weighted by atomic mass is 10.0. The zero-order chi connectivity index (χ0) is 15.5. The number of carbonyl (C=O) groups excluding carboxylic acids is 1. The van der Waals surface area contributed by atoms with Gasteiger partial charge in [0, 0.05) is 29.9 Å². The minimum absolute atomic E-state index is 0.0217. The van der Waals surface area contributed by atoms with Crippen LogP contribution in [0.5, 0.6) is 0 Å². The molecule has 0 aliphatic heterocycles. The average molecular weight is 294 g/mol. The average Bonchev–Trinajstić information content (AvgIpc) is 2.89. The highest BCUT2D eigenvalue weighted by Crippen LogP contribution is 2.26. The molecule has 1 N–H and O–H groups in total. The highest BCUT2D eigenvalue weighted by molar-refractivity contribution is 5.90. The number of aromatic nitrogens is 1. The monoisotopic (exact) mass is 294 g/mol. The van der Waals surface area contributed by atoms with Crippen molar-refractivity contribution in [3.05, 3.63) is 65.2 Å². The van der Waals surface area contributed by atoms with E-state index in [1.165, 1.54) is 0 Å². The molecule has 0 bridgehead atoms. The fourth-order valence-corrected chi connectivity index (χ4v) is 2.70. The van der Waals surface area contributed by atoms with Crippen LogP contribution in [0.1, 0.15) is 22.3 Å². The molecule has 0 fully saturated rings. The molecule has 0 unspecified atom stereocenters. The quantitative estimate of drug-likeness (QED) is 0.803. The molecular formula is C18H18N2O2. The minimum Gasteiger partial charge on any atom is -0.464 e. The van der Waals surface area contributed by atoms with E-state index in [1.54, 1.807) is 18.7 Å². The molecule has 2 aromatic heterocycles. The van der Waals surface area contributed by atoms with Gasteiger partial charge in [-0.15, -0.1) is 0 Å². The third kappa shape index (κ3) is 3.01. The Hall–Kier alpha value is -2.62. The van der Waals surface area contributed by atoms with Gasteiger partial charge in [-0.25, -0.2) is 0 Å². The van der Waals surface area contributed by atoms with E-state index in [-0.39, 0.29) is 5.91 Å². The zero-order valence-corrected chi connectivity index (χ0v) is 12.7. The number of benzene rings is 1. The first kappa shape index (κ1) is 14.3. The topological polar surface area (TPSA) is 55.1 Å². The summed E-state index contributed by atoms with van der Waals surface area (Å²) in [5.74, 6) is -0.0217. The Morgan fingerprint density at radius 2 is 2.18 bits per heavy atom. The highest BCUT2D eigenvalue weighted by Gasteiger charge is 2.12. The Labute approximate surface area is 129 Å². The van der Waals surface area contributed by atoms with Gasteiger partial charge < -0.3 is 9.73 Å². The van der Waals surface area contributed by atoms with Crippen molar-refractivity contribution in [2.24, 2.45) is 0 Å². The van der Waals surface area contributed by atoms with Gasteiger partial charge in [0.1, 0.15) is 5.58 Å². The van der Waals surface area contributed by atoms with Gasteiger partial charge >= 0.3 is 0 Å². The lowest BCUT2D eigenvalue weighted by Gasteiger charge is -2.05. The Balaban J connectivity index is 1.72. The number of amides is 1. The third-order valence-corrected chi connectivity index (χ3v) is 3.66. The summed E-state index contributed by atoms with van der Waals surface area (Å²) >= 11 is 0. The van der Waals surface area contributed by atoms with Gasteiger partial charge in [0.25, 0.3) is 0 Å². The molecule has 112 valence electrons. The van der Waals surface area contributed by atoms with Crippen molar-refractivity contribution in [3.8, 4) is 0 Å². The van der Waals surface area contributed by atoms with Crippen molar-refractivity contribution < 1.29 is 9.21 Å². The maximum Gasteiger partial charge on any atom is 0.224 e. The number of hydrogen-bond acceptors (Lipinski definition) is 3. The van der Waals surface area contributed by atoms with Crippen molar-refractivity contribution >= 4 is 16.9 Å². The molecule has 2 heterocycles. The molecule has 0 saturated heterocycles. The maximum atomic E-state index is 12.1. The summed E-state index contributed by atoms with van der Waals surface area (Å²) in [5.41, 5.74) is 5.05. The Kier molecular flexibility index (Phi) is 3.92. The van der Waals surface area contributed by atoms with E-state index in [0.29, 0.717) is 13.0 Å². The summed E-state index contributed by atoms with van der Waals surface area (Å²) in [6.07, 6.45) is 5.46. The summed E-state index contributed by atoms with van der Waals surface area (Å²) in [4.78, 5) is 16.2. The molecule has 0 spiro atoms. The van der Waals surface area contributed by atoms with Gasteiger partial charge in [-0.05, 0) is 42.7 Å². The Morgan fingerprint density at radius 1 is 1.32 bits per heavy atom. The molecular weight excluding hydrogens is 276 g/mol. The number of aryl methyl sites for hydroxylation is 2. The highest BCUT2D eigenvalue weighted by atomic mass is 16.3. The third-order valence-electron chi connectivity index (χ3n) is 3.66. The van der Waals surface area contributed by atoms with Crippen LogP contribution in [0.15, 0.2) is 47.3 Å². The first-order valence-corrected chi connectivity index (χ1v) is 7.26. The molecule has 0 atom stereocenters. The first-order chi connectivity index (χ1) is 10.6. The van der Waals surface area contributed by atoms with Crippen molar-refractivity contribution in [1.29, 1.82) is 0 Å². The van der Waals surface area contributed by atoms with Crippen LogP contribution >= 0.6 is 0 Å². The van der Waals surface area contributed by atoms with Crippen LogP contribution in [0.4, 0.5) is 0 Å². The molecule has 3 aromatic rings. The standard InChI is InChI=1S/C18H18N2O2/c1-12-6-13(2)18-15(11-22-16(18)7-12)8-17(21)20-10-14-4-3-5-19-9-14/h3-7,9,11H,8,10H2,1-2H3,(H,20,21). The van der Waals surface area contributed by atoms with E-state index in [2.05, 4.69) is 16.4 Å². The van der Waals surface area contributed by atoms with Gasteiger partial charge in [-0.2, -0.15) is 0 Å². The van der Waals surface area contributed by atoms with Crippen molar-refractivity contribution in [2.75, 3.05) is 0 Å². The van der Waals surface area contributed by atoms with E-state index < -0.39 is 0 Å². The second kappa shape index (κ2) is 6.02. The lowest BCUT2D eigenvalue weighted by Crippen LogP contribution is -2.24. The first-order valence-electron chi connectivity index (χ1n) is 7.26. The molecule has 4 nitrogen and oxygen atoms in total. The fourth-order valence-electron chi connectivity index (χ4n) is 2.70. The lowest BCUT2D eigenvalue weighted by molar-refractivity contribution is -0.120. The summed E-state index contributed by atoms with van der Waals surface area (Å²) in [6, 6.07) is 7.90. The van der Waals surface area contributed by atoms with E-state index in [4.69, 9.17) is 4.42 Å². The SMILES string of the molecule is Cc1cc(C)c2c(CC(=O)NCc3cccnc3)coc2c1. The van der Waals surface area contributed by atoms with E-state index in [1.807, 2.05) is 32.0 Å². The molecule has 1 amide bonds. The van der Waals surface area contributed by atoms with Crippen LogP contribution in [-0.4, -0.2) is 10.9 Å². The number of nitrogens with one attached hydrogen (secondary N) is 1. The summed E-state index contributed by atoms with van der Waals surface area (Å²) in [5, 5.41) is 3.96. The van der Waals surface area contributed by atoms with E-state index in [9.17, 15) is 4.79 Å². The predicted molar refractivity (Wildman–Crippen MR) is 85.5 cm³/mol. The van der Waals surface area contributed by atoms with Crippen molar-refractivity contribution in [1.82, 2.24) is 10.3 Å². The van der Waals surface area contributed by atoms with Crippen LogP contribution in [0.2, 0.25) is 0 Å². The molecule has 1 aromatic carbocycles. The molecule has 0 aliphatic rings. The van der Waals surface area contributed by atoms with Crippen LogP contribution < -0.4 is 5.32 Å². The van der Waals surface area contributed by atoms with Crippen molar-refractivity contribution in [2.45, 2.75) is 26.8 Å². The van der Waals surface area contributed by atoms with Gasteiger partial charge in [-0.3, -0.25) is 9.78 Å². The Bertz CT molecular complexity index is 807. The minimum atomic E-state index is -0.0217. The Morgan fingerprint density at radius 3 is 2.95 bits per heavy atom. The molecule has 3 rings (SSSR count). The van der Waals surface area contributed by atoms with Gasteiger partial charge in [0.15, 0.2) is 0 Å². The molecule has 22 heavy (non-hydrogen) atoms.